The maximum absolute atomic E-state index is 13.1. The average molecular weight is 393 g/mol. The second-order valence-corrected chi connectivity index (χ2v) is 8.01. The van der Waals surface area contributed by atoms with Crippen LogP contribution in [-0.2, 0) is 13.0 Å². The number of benzene rings is 2. The number of anilines is 1. The van der Waals surface area contributed by atoms with E-state index in [0.717, 1.165) is 49.0 Å². The van der Waals surface area contributed by atoms with Crippen LogP contribution in [0.4, 0.5) is 5.69 Å². The zero-order valence-electron chi connectivity index (χ0n) is 16.6. The number of hydrogen-bond donors (Lipinski definition) is 4. The van der Waals surface area contributed by atoms with Crippen LogP contribution in [0.15, 0.2) is 36.4 Å². The molecule has 5 N–H and O–H groups in total. The molecule has 2 heterocycles. The topological polar surface area (TPSA) is 98.8 Å². The van der Waals surface area contributed by atoms with Gasteiger partial charge in [-0.3, -0.25) is 4.79 Å². The summed E-state index contributed by atoms with van der Waals surface area (Å²) in [6, 6.07) is 11.9. The first kappa shape index (κ1) is 19.9. The molecule has 2 aromatic rings. The van der Waals surface area contributed by atoms with Crippen LogP contribution < -0.4 is 16.5 Å². The molecule has 1 saturated heterocycles. The van der Waals surface area contributed by atoms with Gasteiger partial charge in [-0.25, -0.2) is 0 Å². The molecular weight excluding hydrogens is 365 g/mol. The van der Waals surface area contributed by atoms with Crippen LogP contribution >= 0.6 is 0 Å². The van der Waals surface area contributed by atoms with Gasteiger partial charge in [0.2, 0.25) is 0 Å². The van der Waals surface area contributed by atoms with E-state index in [4.69, 9.17) is 5.73 Å². The van der Waals surface area contributed by atoms with Crippen LogP contribution in [0.2, 0.25) is 0 Å². The highest BCUT2D eigenvalue weighted by molar-refractivity contribution is 6.59. The Bertz CT molecular complexity index is 895. The van der Waals surface area contributed by atoms with Crippen molar-refractivity contribution in [1.82, 2.24) is 4.90 Å². The highest BCUT2D eigenvalue weighted by Crippen LogP contribution is 2.30. The number of nitrogens with one attached hydrogen (secondary N) is 1. The molecule has 1 fully saturated rings. The van der Waals surface area contributed by atoms with Gasteiger partial charge >= 0.3 is 7.12 Å². The lowest BCUT2D eigenvalue weighted by Crippen LogP contribution is -2.40. The maximum Gasteiger partial charge on any atom is 0.488 e. The van der Waals surface area contributed by atoms with Crippen LogP contribution in [0.25, 0.3) is 0 Å². The fraction of sp³-hybridized carbons (Fsp3) is 0.409. The molecule has 4 rings (SSSR count). The Hall–Kier alpha value is -2.35. The summed E-state index contributed by atoms with van der Waals surface area (Å²) in [6.07, 6.45) is 3.56. The van der Waals surface area contributed by atoms with Crippen molar-refractivity contribution >= 4 is 24.2 Å². The van der Waals surface area contributed by atoms with Crippen LogP contribution in [0.5, 0.6) is 0 Å². The van der Waals surface area contributed by atoms with Crippen molar-refractivity contribution in [3.63, 3.8) is 0 Å². The molecule has 0 spiro atoms. The summed E-state index contributed by atoms with van der Waals surface area (Å²) in [4.78, 5) is 15.0. The number of carbonyl (C=O) groups excluding carboxylic acids is 1. The molecule has 0 aromatic heterocycles. The molecular formula is C22H28BN3O3. The Kier molecular flexibility index (Phi) is 5.90. The highest BCUT2D eigenvalue weighted by Gasteiger charge is 2.28. The van der Waals surface area contributed by atoms with E-state index < -0.39 is 7.12 Å². The fourth-order valence-corrected chi connectivity index (χ4v) is 4.55. The molecule has 29 heavy (non-hydrogen) atoms. The molecule has 2 aromatic carbocycles. The average Bonchev–Trinajstić information content (AvgIpc) is 2.78. The summed E-state index contributed by atoms with van der Waals surface area (Å²) in [5.41, 5.74) is 10.9. The number of amides is 1. The molecule has 0 radical (unpaired) electrons. The largest absolute Gasteiger partial charge is 0.488 e. The summed E-state index contributed by atoms with van der Waals surface area (Å²) in [5.74, 6) is 0.391. The third-order valence-electron chi connectivity index (χ3n) is 6.17. The molecule has 0 bridgehead atoms. The summed E-state index contributed by atoms with van der Waals surface area (Å²) < 4.78 is 0. The van der Waals surface area contributed by atoms with Crippen molar-refractivity contribution in [1.29, 1.82) is 0 Å². The van der Waals surface area contributed by atoms with Gasteiger partial charge in [-0.05, 0) is 65.9 Å². The lowest BCUT2D eigenvalue weighted by molar-refractivity contribution is 0.0713. The zero-order chi connectivity index (χ0) is 20.4. The van der Waals surface area contributed by atoms with Crippen molar-refractivity contribution in [2.24, 2.45) is 5.73 Å². The van der Waals surface area contributed by atoms with Gasteiger partial charge in [-0.1, -0.05) is 24.3 Å². The number of fused-ring (bicyclic) bond motifs is 1. The van der Waals surface area contributed by atoms with Crippen molar-refractivity contribution < 1.29 is 14.8 Å². The fourth-order valence-electron chi connectivity index (χ4n) is 4.55. The number of hydrogen-bond acceptors (Lipinski definition) is 5. The van der Waals surface area contributed by atoms with E-state index in [-0.39, 0.29) is 5.91 Å². The Morgan fingerprint density at radius 2 is 2.00 bits per heavy atom. The van der Waals surface area contributed by atoms with Crippen molar-refractivity contribution in [2.75, 3.05) is 25.0 Å². The van der Waals surface area contributed by atoms with Crippen LogP contribution in [0.1, 0.15) is 52.2 Å². The highest BCUT2D eigenvalue weighted by atomic mass is 16.4. The molecule has 0 unspecified atom stereocenters. The van der Waals surface area contributed by atoms with Gasteiger partial charge in [-0.15, -0.1) is 0 Å². The number of carbonyl (C=O) groups is 1. The van der Waals surface area contributed by atoms with Crippen molar-refractivity contribution in [2.45, 2.75) is 38.1 Å². The molecule has 0 atom stereocenters. The normalized spacial score (nSPS) is 16.9. The summed E-state index contributed by atoms with van der Waals surface area (Å²) in [6.45, 7) is 2.76. The summed E-state index contributed by atoms with van der Waals surface area (Å²) >= 11 is 0. The predicted molar refractivity (Wildman–Crippen MR) is 115 cm³/mol. The summed E-state index contributed by atoms with van der Waals surface area (Å²) in [7, 11) is -1.57. The Balaban J connectivity index is 1.49. The van der Waals surface area contributed by atoms with E-state index in [1.54, 1.807) is 6.07 Å². The molecule has 2 aliphatic rings. The zero-order valence-corrected chi connectivity index (χ0v) is 16.6. The van der Waals surface area contributed by atoms with Crippen molar-refractivity contribution in [3.05, 3.63) is 58.7 Å². The Morgan fingerprint density at radius 3 is 2.72 bits per heavy atom. The number of likely N-dealkylation sites (tertiary alicyclic amines) is 1. The second kappa shape index (κ2) is 8.57. The van der Waals surface area contributed by atoms with E-state index in [0.29, 0.717) is 36.6 Å². The van der Waals surface area contributed by atoms with E-state index >= 15 is 0 Å². The van der Waals surface area contributed by atoms with Gasteiger partial charge < -0.3 is 26.0 Å². The molecule has 0 saturated carbocycles. The maximum atomic E-state index is 13.1. The van der Waals surface area contributed by atoms with Crippen LogP contribution in [0.3, 0.4) is 0 Å². The number of nitrogens with zero attached hydrogens (tertiary/aromatic N) is 1. The minimum Gasteiger partial charge on any atom is -0.423 e. The molecule has 152 valence electrons. The lowest BCUT2D eigenvalue weighted by Gasteiger charge is -2.33. The molecule has 6 nitrogen and oxygen atoms in total. The number of nitrogens with two attached hydrogens (primary N) is 1. The smallest absolute Gasteiger partial charge is 0.423 e. The first-order valence-electron chi connectivity index (χ1n) is 10.4. The van der Waals surface area contributed by atoms with Gasteiger partial charge in [0.15, 0.2) is 0 Å². The minimum atomic E-state index is -1.57. The van der Waals surface area contributed by atoms with E-state index in [1.807, 2.05) is 17.0 Å². The van der Waals surface area contributed by atoms with Gasteiger partial charge in [0.1, 0.15) is 0 Å². The van der Waals surface area contributed by atoms with Gasteiger partial charge in [0.05, 0.1) is 0 Å². The third kappa shape index (κ3) is 4.17. The lowest BCUT2D eigenvalue weighted by atomic mass is 9.74. The van der Waals surface area contributed by atoms with Crippen LogP contribution in [0, 0.1) is 0 Å². The van der Waals surface area contributed by atoms with E-state index in [1.165, 1.54) is 5.56 Å². The van der Waals surface area contributed by atoms with Crippen molar-refractivity contribution in [3.8, 4) is 0 Å². The number of rotatable bonds is 4. The SMILES string of the molecule is NCc1cccc(C2CCN(C(=O)c3cc4c(c(B(O)O)c3)CCCN4)CC2)c1. The molecule has 1 amide bonds. The summed E-state index contributed by atoms with van der Waals surface area (Å²) in [5, 5.41) is 22.9. The van der Waals surface area contributed by atoms with E-state index in [2.05, 4.69) is 23.5 Å². The Morgan fingerprint density at radius 1 is 1.21 bits per heavy atom. The first-order chi connectivity index (χ1) is 14.1. The minimum absolute atomic E-state index is 0.0452. The van der Waals surface area contributed by atoms with Gasteiger partial charge in [0, 0.05) is 37.4 Å². The molecule has 0 aliphatic carbocycles. The number of piperidine rings is 1. The second-order valence-electron chi connectivity index (χ2n) is 8.01. The van der Waals surface area contributed by atoms with E-state index in [9.17, 15) is 14.8 Å². The van der Waals surface area contributed by atoms with Gasteiger partial charge in [0.25, 0.3) is 5.91 Å². The standard InChI is InChI=1S/C22H28BN3O3/c24-14-15-3-1-4-17(11-15)16-6-9-26(10-7-16)22(27)18-12-20(23(28)29)19-5-2-8-25-21(19)13-18/h1,3-4,11-13,16,25,28-29H,2,5-10,14,24H2. The molecule has 2 aliphatic heterocycles. The Labute approximate surface area is 171 Å². The van der Waals surface area contributed by atoms with Crippen LogP contribution in [-0.4, -0.2) is 47.6 Å². The monoisotopic (exact) mass is 393 g/mol. The van der Waals surface area contributed by atoms with Gasteiger partial charge in [-0.2, -0.15) is 0 Å². The molecule has 7 heteroatoms. The quantitative estimate of drug-likeness (QED) is 0.586. The predicted octanol–water partition coefficient (Wildman–Crippen LogP) is 1.20. The third-order valence-corrected chi connectivity index (χ3v) is 6.17. The first-order valence-corrected chi connectivity index (χ1v) is 10.4.